The molecule has 3 amide bonds. The van der Waals surface area contributed by atoms with Gasteiger partial charge in [0.15, 0.2) is 10.6 Å². The van der Waals surface area contributed by atoms with E-state index in [-0.39, 0.29) is 34.1 Å². The number of hydrogen-bond donors (Lipinski definition) is 1. The summed E-state index contributed by atoms with van der Waals surface area (Å²) >= 11 is 0. The summed E-state index contributed by atoms with van der Waals surface area (Å²) in [5, 5.41) is 9.51. The van der Waals surface area contributed by atoms with Gasteiger partial charge in [0.25, 0.3) is 0 Å². The third-order valence-electron chi connectivity index (χ3n) is 6.16. The highest BCUT2D eigenvalue weighted by atomic mass is 32.2. The molecule has 184 valence electrons. The van der Waals surface area contributed by atoms with Gasteiger partial charge in [0.05, 0.1) is 25.3 Å². The van der Waals surface area contributed by atoms with Gasteiger partial charge in [-0.2, -0.15) is 13.7 Å². The van der Waals surface area contributed by atoms with E-state index in [0.717, 1.165) is 0 Å². The summed E-state index contributed by atoms with van der Waals surface area (Å²) in [7, 11) is -3.55. The van der Waals surface area contributed by atoms with Gasteiger partial charge in [0, 0.05) is 17.2 Å². The van der Waals surface area contributed by atoms with E-state index in [1.165, 1.54) is 43.5 Å². The predicted octanol–water partition coefficient (Wildman–Crippen LogP) is 3.72. The highest BCUT2D eigenvalue weighted by molar-refractivity contribution is 7.92. The van der Waals surface area contributed by atoms with Crippen LogP contribution in [0.15, 0.2) is 65.6 Å². The number of rotatable bonds is 6. The molecule has 1 aliphatic rings. The molecule has 0 spiro atoms. The normalized spacial score (nSPS) is 18.8. The van der Waals surface area contributed by atoms with Gasteiger partial charge in [-0.05, 0) is 53.6 Å². The summed E-state index contributed by atoms with van der Waals surface area (Å²) in [6.07, 6.45) is 0. The first-order valence-electron chi connectivity index (χ1n) is 11.0. The number of fused-ring (bicyclic) bond motifs is 1. The van der Waals surface area contributed by atoms with Crippen molar-refractivity contribution in [2.45, 2.75) is 24.7 Å². The van der Waals surface area contributed by atoms with Crippen molar-refractivity contribution in [3.63, 3.8) is 0 Å². The number of nitriles is 1. The molecular formula is C26H24N3O6S+. The van der Waals surface area contributed by atoms with Gasteiger partial charge in [-0.25, -0.2) is 9.59 Å². The number of sulfonamides is 1. The van der Waals surface area contributed by atoms with Gasteiger partial charge >= 0.3 is 22.0 Å². The molecule has 10 heteroatoms. The Kier molecular flexibility index (Phi) is 6.30. The van der Waals surface area contributed by atoms with Crippen LogP contribution >= 0.6 is 0 Å². The summed E-state index contributed by atoms with van der Waals surface area (Å²) in [6.45, 7) is 3.81. The third-order valence-corrected chi connectivity index (χ3v) is 8.33. The molecule has 2 atom stereocenters. The smallest absolute Gasteiger partial charge is 0.442 e. The van der Waals surface area contributed by atoms with Crippen LogP contribution in [-0.2, 0) is 14.8 Å². The number of methoxy groups -OCH3 is 1. The lowest BCUT2D eigenvalue weighted by atomic mass is 9.91. The number of nitrogens with two attached hydrogens (primary N) is 1. The van der Waals surface area contributed by atoms with Crippen molar-refractivity contribution in [3.05, 3.63) is 82.9 Å². The average Bonchev–Trinajstić information content (AvgIpc) is 3.12. The Morgan fingerprint density at radius 3 is 2.44 bits per heavy atom. The number of quaternary nitrogens is 1. The largest absolute Gasteiger partial charge is 0.495 e. The number of nitrogens with zero attached hydrogens (tertiary/aromatic N) is 2. The summed E-state index contributed by atoms with van der Waals surface area (Å²) in [5.41, 5.74) is 7.08. The minimum absolute atomic E-state index is 0.0325. The number of carbonyl (C=O) groups excluding carboxylic acids is 2. The maximum absolute atomic E-state index is 14.3. The molecule has 0 aromatic heterocycles. The van der Waals surface area contributed by atoms with Crippen molar-refractivity contribution in [1.82, 2.24) is 3.89 Å². The van der Waals surface area contributed by atoms with E-state index in [4.69, 9.17) is 15.2 Å². The minimum Gasteiger partial charge on any atom is -0.495 e. The topological polar surface area (TPSA) is 137 Å². The van der Waals surface area contributed by atoms with Gasteiger partial charge in [-0.15, -0.1) is 0 Å². The van der Waals surface area contributed by atoms with E-state index in [9.17, 15) is 23.3 Å². The van der Waals surface area contributed by atoms with E-state index < -0.39 is 31.8 Å². The Balaban J connectivity index is 2.11. The van der Waals surface area contributed by atoms with Crippen molar-refractivity contribution in [2.75, 3.05) is 13.7 Å². The Bertz CT molecular complexity index is 1540. The fourth-order valence-electron chi connectivity index (χ4n) is 4.61. The Labute approximate surface area is 208 Å². The van der Waals surface area contributed by atoms with Crippen LogP contribution in [0.25, 0.3) is 0 Å². The molecule has 0 fully saturated rings. The van der Waals surface area contributed by atoms with Crippen molar-refractivity contribution < 1.29 is 27.5 Å². The van der Waals surface area contributed by atoms with Crippen LogP contribution < -0.4 is 19.1 Å². The molecule has 2 unspecified atom stereocenters. The van der Waals surface area contributed by atoms with E-state index in [2.05, 4.69) is 0 Å². The van der Waals surface area contributed by atoms with Gasteiger partial charge < -0.3 is 15.2 Å². The van der Waals surface area contributed by atoms with Gasteiger partial charge in [0.1, 0.15) is 17.4 Å². The fraction of sp³-hybridized carbons (Fsp3) is 0.192. The Morgan fingerprint density at radius 1 is 1.08 bits per heavy atom. The Hall–Kier alpha value is -4.20. The van der Waals surface area contributed by atoms with Gasteiger partial charge in [0.2, 0.25) is 0 Å². The van der Waals surface area contributed by atoms with Crippen LogP contribution in [0.5, 0.6) is 11.5 Å². The number of amides is 3. The zero-order valence-electron chi connectivity index (χ0n) is 19.9. The molecular weight excluding hydrogens is 482 g/mol. The maximum Gasteiger partial charge on any atom is 0.442 e. The number of para-hydroxylation sites is 1. The molecule has 3 aromatic rings. The summed E-state index contributed by atoms with van der Waals surface area (Å²) in [6, 6.07) is 15.6. The van der Waals surface area contributed by atoms with Crippen LogP contribution in [0, 0.1) is 18.3 Å². The second kappa shape index (κ2) is 9.11. The van der Waals surface area contributed by atoms with E-state index in [1.807, 2.05) is 6.07 Å². The third kappa shape index (κ3) is 3.44. The first kappa shape index (κ1) is 24.9. The second-order valence-corrected chi connectivity index (χ2v) is 10.1. The van der Waals surface area contributed by atoms with Crippen molar-refractivity contribution in [2.24, 2.45) is 5.73 Å². The van der Waals surface area contributed by atoms with Gasteiger partial charge in [-0.1, -0.05) is 24.3 Å². The summed E-state index contributed by atoms with van der Waals surface area (Å²) in [5.74, 6) is -1.92. The SMILES string of the molecule is CCOc1ccccc1C1C(=O)[N+](C(N)=O)(S(=O)(=O)c2ccc(C)cc2OC)c2ccc(C#N)cc21. The molecule has 9 nitrogen and oxygen atoms in total. The molecule has 1 aliphatic heterocycles. The molecule has 0 saturated heterocycles. The maximum atomic E-state index is 14.3. The highest BCUT2D eigenvalue weighted by Crippen LogP contribution is 2.52. The average molecular weight is 507 g/mol. The Morgan fingerprint density at radius 2 is 1.81 bits per heavy atom. The highest BCUT2D eigenvalue weighted by Gasteiger charge is 2.67. The molecule has 2 N–H and O–H groups in total. The number of hydrogen-bond acceptors (Lipinski definition) is 7. The number of primary amides is 1. The number of ether oxygens (including phenoxy) is 2. The molecule has 0 saturated carbocycles. The fourth-order valence-corrected chi connectivity index (χ4v) is 6.55. The van der Waals surface area contributed by atoms with Crippen LogP contribution in [0.4, 0.5) is 10.5 Å². The number of imide groups is 1. The number of benzene rings is 3. The monoisotopic (exact) mass is 506 g/mol. The van der Waals surface area contributed by atoms with Gasteiger partial charge in [-0.3, -0.25) is 0 Å². The molecule has 3 aromatic carbocycles. The zero-order chi connectivity index (χ0) is 26.3. The minimum atomic E-state index is -4.84. The first-order valence-corrected chi connectivity index (χ1v) is 12.5. The number of aryl methyl sites for hydroxylation is 1. The van der Waals surface area contributed by atoms with Crippen molar-refractivity contribution in [3.8, 4) is 17.6 Å². The molecule has 36 heavy (non-hydrogen) atoms. The quantitative estimate of drug-likeness (QED) is 0.503. The number of urea groups is 1. The molecule has 0 aliphatic carbocycles. The molecule has 0 radical (unpaired) electrons. The van der Waals surface area contributed by atoms with E-state index in [0.29, 0.717) is 16.9 Å². The molecule has 1 heterocycles. The van der Waals surface area contributed by atoms with E-state index in [1.54, 1.807) is 38.1 Å². The summed E-state index contributed by atoms with van der Waals surface area (Å²) in [4.78, 5) is 27.1. The van der Waals surface area contributed by atoms with Crippen LogP contribution in [0.2, 0.25) is 0 Å². The molecule has 4 rings (SSSR count). The lowest BCUT2D eigenvalue weighted by molar-refractivity contribution is -0.123. The zero-order valence-corrected chi connectivity index (χ0v) is 20.7. The lowest BCUT2D eigenvalue weighted by Crippen LogP contribution is -2.63. The van der Waals surface area contributed by atoms with Crippen LogP contribution in [0.1, 0.15) is 35.1 Å². The van der Waals surface area contributed by atoms with Crippen LogP contribution in [0.3, 0.4) is 0 Å². The van der Waals surface area contributed by atoms with E-state index >= 15 is 0 Å². The molecule has 0 bridgehead atoms. The van der Waals surface area contributed by atoms with Crippen LogP contribution in [-0.4, -0.2) is 34.1 Å². The van der Waals surface area contributed by atoms with Crippen molar-refractivity contribution >= 4 is 27.6 Å². The standard InChI is InChI=1S/C26H23N3O6S/c1-4-35-21-8-6-5-7-18(21)24-19-14-17(15-27)10-11-20(19)29(25(24)30,26(28)31)36(32,33)23-12-9-16(2)13-22(23)34-3/h5-14,24H,4H2,1-3H3,(H-,28,31)/p+1. The second-order valence-electron chi connectivity index (χ2n) is 8.20. The summed E-state index contributed by atoms with van der Waals surface area (Å²) < 4.78 is 37.8. The van der Waals surface area contributed by atoms with Crippen molar-refractivity contribution in [1.29, 1.82) is 5.26 Å². The lowest BCUT2D eigenvalue weighted by Gasteiger charge is -2.27. The predicted molar refractivity (Wildman–Crippen MR) is 132 cm³/mol. The first-order chi connectivity index (χ1) is 17.1. The number of carbonyl (C=O) groups is 2.